The van der Waals surface area contributed by atoms with Gasteiger partial charge in [0.1, 0.15) is 0 Å². The molecular formula is C16H30N4O2. The van der Waals surface area contributed by atoms with Crippen LogP contribution < -0.4 is 11.1 Å². The van der Waals surface area contributed by atoms with Gasteiger partial charge in [-0.25, -0.2) is 0 Å². The van der Waals surface area contributed by atoms with Crippen molar-refractivity contribution >= 4 is 11.8 Å². The summed E-state index contributed by atoms with van der Waals surface area (Å²) in [6.45, 7) is 7.96. The Kier molecular flexibility index (Phi) is 6.20. The molecule has 0 saturated carbocycles. The molecule has 1 unspecified atom stereocenters. The molecule has 2 rings (SSSR count). The molecule has 126 valence electrons. The number of likely N-dealkylation sites (tertiary alicyclic amines) is 2. The zero-order valence-corrected chi connectivity index (χ0v) is 13.9. The van der Waals surface area contributed by atoms with E-state index in [0.717, 1.165) is 39.0 Å². The van der Waals surface area contributed by atoms with Crippen LogP contribution >= 0.6 is 0 Å². The molecule has 2 aliphatic heterocycles. The molecule has 2 atom stereocenters. The zero-order valence-electron chi connectivity index (χ0n) is 13.9. The second kappa shape index (κ2) is 7.92. The van der Waals surface area contributed by atoms with Crippen molar-refractivity contribution in [2.24, 2.45) is 11.7 Å². The van der Waals surface area contributed by atoms with Gasteiger partial charge in [-0.3, -0.25) is 9.59 Å². The average Bonchev–Trinajstić information content (AvgIpc) is 3.15. The summed E-state index contributed by atoms with van der Waals surface area (Å²) in [6, 6.07) is -0.243. The fourth-order valence-electron chi connectivity index (χ4n) is 3.30. The van der Waals surface area contributed by atoms with E-state index in [2.05, 4.69) is 10.2 Å². The Morgan fingerprint density at radius 2 is 1.86 bits per heavy atom. The number of nitrogens with two attached hydrogens (primary N) is 1. The highest BCUT2D eigenvalue weighted by Crippen LogP contribution is 2.20. The Hall–Kier alpha value is -1.14. The molecule has 2 amide bonds. The number of hydrogen-bond donors (Lipinski definition) is 2. The molecule has 0 aliphatic carbocycles. The number of nitrogens with one attached hydrogen (secondary N) is 1. The highest BCUT2D eigenvalue weighted by Gasteiger charge is 2.31. The largest absolute Gasteiger partial charge is 0.346 e. The van der Waals surface area contributed by atoms with Gasteiger partial charge in [0.25, 0.3) is 0 Å². The summed E-state index contributed by atoms with van der Waals surface area (Å²) < 4.78 is 0. The van der Waals surface area contributed by atoms with Crippen LogP contribution in [-0.2, 0) is 9.59 Å². The number of rotatable bonds is 6. The molecule has 6 nitrogen and oxygen atoms in total. The van der Waals surface area contributed by atoms with Gasteiger partial charge in [0.15, 0.2) is 0 Å². The van der Waals surface area contributed by atoms with Crippen molar-refractivity contribution in [2.75, 3.05) is 32.7 Å². The summed E-state index contributed by atoms with van der Waals surface area (Å²) in [6.07, 6.45) is 4.67. The van der Waals surface area contributed by atoms with E-state index in [1.54, 1.807) is 0 Å². The van der Waals surface area contributed by atoms with Crippen LogP contribution in [0.1, 0.15) is 39.5 Å². The van der Waals surface area contributed by atoms with E-state index in [-0.39, 0.29) is 24.3 Å². The lowest BCUT2D eigenvalue weighted by Crippen LogP contribution is -2.50. The molecule has 0 aromatic heterocycles. The predicted molar refractivity (Wildman–Crippen MR) is 86.2 cm³/mol. The number of nitrogens with zero attached hydrogens (tertiary/aromatic N) is 2. The molecular weight excluding hydrogens is 280 g/mol. The second-order valence-corrected chi connectivity index (χ2v) is 6.88. The third-order valence-corrected chi connectivity index (χ3v) is 4.80. The van der Waals surface area contributed by atoms with Gasteiger partial charge in [0.2, 0.25) is 11.8 Å². The molecule has 2 saturated heterocycles. The Labute approximate surface area is 133 Å². The lowest BCUT2D eigenvalue weighted by Gasteiger charge is -2.28. The van der Waals surface area contributed by atoms with E-state index in [0.29, 0.717) is 6.04 Å². The first-order valence-electron chi connectivity index (χ1n) is 8.54. The monoisotopic (exact) mass is 310 g/mol. The molecule has 22 heavy (non-hydrogen) atoms. The van der Waals surface area contributed by atoms with E-state index >= 15 is 0 Å². The van der Waals surface area contributed by atoms with Crippen molar-refractivity contribution < 1.29 is 9.59 Å². The Morgan fingerprint density at radius 3 is 2.50 bits per heavy atom. The number of amides is 2. The third kappa shape index (κ3) is 4.43. The van der Waals surface area contributed by atoms with Crippen molar-refractivity contribution in [3.63, 3.8) is 0 Å². The van der Waals surface area contributed by atoms with Gasteiger partial charge in [-0.1, -0.05) is 13.8 Å². The maximum absolute atomic E-state index is 12.4. The van der Waals surface area contributed by atoms with E-state index in [9.17, 15) is 9.59 Å². The number of carbonyl (C=O) groups excluding carboxylic acids is 2. The van der Waals surface area contributed by atoms with Gasteiger partial charge >= 0.3 is 0 Å². The Bertz CT molecular complexity index is 394. The van der Waals surface area contributed by atoms with E-state index in [1.807, 2.05) is 18.7 Å². The van der Waals surface area contributed by atoms with Crippen molar-refractivity contribution in [3.05, 3.63) is 0 Å². The topological polar surface area (TPSA) is 78.7 Å². The van der Waals surface area contributed by atoms with Crippen LogP contribution in [-0.4, -0.2) is 66.4 Å². The van der Waals surface area contributed by atoms with Crippen molar-refractivity contribution in [1.29, 1.82) is 0 Å². The minimum atomic E-state index is -0.549. The van der Waals surface area contributed by atoms with Crippen LogP contribution in [0, 0.1) is 5.92 Å². The smallest absolute Gasteiger partial charge is 0.242 e. The van der Waals surface area contributed by atoms with Gasteiger partial charge in [-0.2, -0.15) is 0 Å². The predicted octanol–water partition coefficient (Wildman–Crippen LogP) is 0.173. The normalized spacial score (nSPS) is 24.0. The summed E-state index contributed by atoms with van der Waals surface area (Å²) >= 11 is 0. The summed E-state index contributed by atoms with van der Waals surface area (Å²) in [7, 11) is 0. The van der Waals surface area contributed by atoms with Crippen LogP contribution in [0.25, 0.3) is 0 Å². The number of hydrogen-bond acceptors (Lipinski definition) is 4. The van der Waals surface area contributed by atoms with Crippen LogP contribution in [0.2, 0.25) is 0 Å². The van der Waals surface area contributed by atoms with Gasteiger partial charge in [0, 0.05) is 19.1 Å². The van der Waals surface area contributed by atoms with Gasteiger partial charge in [-0.15, -0.1) is 0 Å². The molecule has 2 fully saturated rings. The fraction of sp³-hybridized carbons (Fsp3) is 0.875. The SMILES string of the molecule is CC(C)[C@H](N)C(=O)NCC(=O)N1CCCC1CN1CCCC1. The van der Waals surface area contributed by atoms with Crippen LogP contribution in [0.15, 0.2) is 0 Å². The Morgan fingerprint density at radius 1 is 1.18 bits per heavy atom. The summed E-state index contributed by atoms with van der Waals surface area (Å²) in [5.41, 5.74) is 5.79. The highest BCUT2D eigenvalue weighted by molar-refractivity contribution is 5.87. The van der Waals surface area contributed by atoms with E-state index in [4.69, 9.17) is 5.73 Å². The quantitative estimate of drug-likeness (QED) is 0.733. The molecule has 0 aromatic carbocycles. The first kappa shape index (κ1) is 17.2. The standard InChI is InChI=1S/C16H30N4O2/c1-12(2)15(17)16(22)18-10-14(21)20-9-5-6-13(20)11-19-7-3-4-8-19/h12-13,15H,3-11,17H2,1-2H3,(H,18,22)/t13?,15-/m0/s1. The first-order valence-corrected chi connectivity index (χ1v) is 8.54. The van der Waals surface area contributed by atoms with Crippen LogP contribution in [0.5, 0.6) is 0 Å². The van der Waals surface area contributed by atoms with Gasteiger partial charge in [0.05, 0.1) is 12.6 Å². The van der Waals surface area contributed by atoms with Crippen molar-refractivity contribution in [2.45, 2.75) is 51.6 Å². The number of carbonyl (C=O) groups is 2. The fourth-order valence-corrected chi connectivity index (χ4v) is 3.30. The molecule has 2 heterocycles. The molecule has 3 N–H and O–H groups in total. The van der Waals surface area contributed by atoms with E-state index in [1.165, 1.54) is 12.8 Å². The second-order valence-electron chi connectivity index (χ2n) is 6.88. The summed E-state index contributed by atoms with van der Waals surface area (Å²) in [4.78, 5) is 28.6. The maximum atomic E-state index is 12.4. The third-order valence-electron chi connectivity index (χ3n) is 4.80. The highest BCUT2D eigenvalue weighted by atomic mass is 16.2. The Balaban J connectivity index is 1.79. The molecule has 6 heteroatoms. The molecule has 0 spiro atoms. The van der Waals surface area contributed by atoms with Gasteiger partial charge in [-0.05, 0) is 44.7 Å². The first-order chi connectivity index (χ1) is 10.5. The minimum absolute atomic E-state index is 0.0194. The lowest BCUT2D eigenvalue weighted by atomic mass is 10.1. The molecule has 0 radical (unpaired) electrons. The molecule has 0 bridgehead atoms. The van der Waals surface area contributed by atoms with E-state index < -0.39 is 6.04 Å². The van der Waals surface area contributed by atoms with Gasteiger partial charge < -0.3 is 20.9 Å². The van der Waals surface area contributed by atoms with Crippen LogP contribution in [0.4, 0.5) is 0 Å². The van der Waals surface area contributed by atoms with Crippen molar-refractivity contribution in [3.8, 4) is 0 Å². The zero-order chi connectivity index (χ0) is 16.1. The minimum Gasteiger partial charge on any atom is -0.346 e. The molecule has 0 aromatic rings. The van der Waals surface area contributed by atoms with Crippen LogP contribution in [0.3, 0.4) is 0 Å². The molecule has 2 aliphatic rings. The average molecular weight is 310 g/mol. The maximum Gasteiger partial charge on any atom is 0.242 e. The lowest BCUT2D eigenvalue weighted by molar-refractivity contribution is -0.134. The summed E-state index contributed by atoms with van der Waals surface area (Å²) in [5, 5.41) is 2.69. The van der Waals surface area contributed by atoms with Crippen molar-refractivity contribution in [1.82, 2.24) is 15.1 Å². The summed E-state index contributed by atoms with van der Waals surface area (Å²) in [5.74, 6) is -0.144.